The summed E-state index contributed by atoms with van der Waals surface area (Å²) in [4.78, 5) is 11.2. The van der Waals surface area contributed by atoms with Gasteiger partial charge < -0.3 is 20.5 Å². The molecule has 1 aromatic carbocycles. The van der Waals surface area contributed by atoms with Gasteiger partial charge in [0.25, 0.3) is 0 Å². The molecule has 0 saturated heterocycles. The predicted molar refractivity (Wildman–Crippen MR) is 77.4 cm³/mol. The van der Waals surface area contributed by atoms with E-state index >= 15 is 0 Å². The molecule has 5 nitrogen and oxygen atoms in total. The van der Waals surface area contributed by atoms with Gasteiger partial charge in [0.2, 0.25) is 5.91 Å². The van der Waals surface area contributed by atoms with Crippen molar-refractivity contribution in [1.82, 2.24) is 10.6 Å². The van der Waals surface area contributed by atoms with Crippen molar-refractivity contribution in [3.05, 3.63) is 22.2 Å². The highest BCUT2D eigenvalue weighted by Crippen LogP contribution is 2.35. The minimum atomic E-state index is 0.0412. The maximum absolute atomic E-state index is 11.2. The maximum atomic E-state index is 11.2. The fraction of sp³-hybridized carbons (Fsp3) is 0.462. The van der Waals surface area contributed by atoms with E-state index < -0.39 is 0 Å². The van der Waals surface area contributed by atoms with Crippen LogP contribution >= 0.6 is 15.9 Å². The Morgan fingerprint density at radius 2 is 2.21 bits per heavy atom. The van der Waals surface area contributed by atoms with Crippen LogP contribution in [0.2, 0.25) is 0 Å². The van der Waals surface area contributed by atoms with Gasteiger partial charge in [-0.2, -0.15) is 0 Å². The highest BCUT2D eigenvalue weighted by Gasteiger charge is 2.08. The summed E-state index contributed by atoms with van der Waals surface area (Å²) in [5.41, 5.74) is 0.970. The number of phenols is 1. The van der Waals surface area contributed by atoms with Gasteiger partial charge in [-0.3, -0.25) is 4.79 Å². The number of aromatic hydroxyl groups is 1. The lowest BCUT2D eigenvalue weighted by Crippen LogP contribution is -2.27. The van der Waals surface area contributed by atoms with Crippen LogP contribution in [0.5, 0.6) is 11.5 Å². The lowest BCUT2D eigenvalue weighted by Gasteiger charge is -2.10. The Labute approximate surface area is 121 Å². The molecule has 0 fully saturated rings. The van der Waals surface area contributed by atoms with Crippen molar-refractivity contribution in [3.8, 4) is 11.5 Å². The van der Waals surface area contributed by atoms with Crippen LogP contribution in [0.25, 0.3) is 0 Å². The second kappa shape index (κ2) is 8.01. The first kappa shape index (κ1) is 15.8. The first-order valence-corrected chi connectivity index (χ1v) is 6.90. The highest BCUT2D eigenvalue weighted by molar-refractivity contribution is 9.10. The van der Waals surface area contributed by atoms with Gasteiger partial charge in [0, 0.05) is 26.1 Å². The fourth-order valence-corrected chi connectivity index (χ4v) is 2.09. The molecule has 1 rings (SSSR count). The van der Waals surface area contributed by atoms with Crippen LogP contribution in [0.15, 0.2) is 16.6 Å². The van der Waals surface area contributed by atoms with E-state index in [0.29, 0.717) is 36.3 Å². The number of hydrogen-bond donors (Lipinski definition) is 3. The van der Waals surface area contributed by atoms with Gasteiger partial charge in [0.1, 0.15) is 0 Å². The number of carbonyl (C=O) groups excluding carboxylic acids is 1. The maximum Gasteiger partial charge on any atom is 0.221 e. The zero-order valence-corrected chi connectivity index (χ0v) is 12.7. The number of phenolic OH excluding ortho intramolecular Hbond substituents is 1. The zero-order chi connectivity index (χ0) is 14.3. The number of ether oxygens (including phenoxy) is 1. The van der Waals surface area contributed by atoms with Crippen LogP contribution in [0, 0.1) is 0 Å². The van der Waals surface area contributed by atoms with E-state index in [9.17, 15) is 9.90 Å². The van der Waals surface area contributed by atoms with E-state index in [1.165, 1.54) is 7.11 Å². The molecule has 0 aromatic heterocycles. The Morgan fingerprint density at radius 3 is 2.84 bits per heavy atom. The first-order valence-electron chi connectivity index (χ1n) is 6.11. The summed E-state index contributed by atoms with van der Waals surface area (Å²) in [5, 5.41) is 15.6. The molecule has 19 heavy (non-hydrogen) atoms. The summed E-state index contributed by atoms with van der Waals surface area (Å²) < 4.78 is 5.66. The molecule has 0 aliphatic rings. The van der Waals surface area contributed by atoms with Crippen molar-refractivity contribution >= 4 is 21.8 Å². The van der Waals surface area contributed by atoms with Gasteiger partial charge >= 0.3 is 0 Å². The van der Waals surface area contributed by atoms with Gasteiger partial charge in [0.15, 0.2) is 11.5 Å². The van der Waals surface area contributed by atoms with E-state index in [4.69, 9.17) is 4.74 Å². The van der Waals surface area contributed by atoms with Crippen molar-refractivity contribution in [1.29, 1.82) is 0 Å². The molecule has 0 unspecified atom stereocenters. The van der Waals surface area contributed by atoms with Gasteiger partial charge in [-0.1, -0.05) is 0 Å². The number of amides is 1. The molecule has 0 radical (unpaired) electrons. The highest BCUT2D eigenvalue weighted by atomic mass is 79.9. The fourth-order valence-electron chi connectivity index (χ4n) is 1.61. The largest absolute Gasteiger partial charge is 0.503 e. The molecule has 0 saturated carbocycles. The average Bonchev–Trinajstić information content (AvgIpc) is 2.38. The van der Waals surface area contributed by atoms with E-state index in [1.54, 1.807) is 6.07 Å². The van der Waals surface area contributed by atoms with E-state index in [2.05, 4.69) is 26.6 Å². The van der Waals surface area contributed by atoms with E-state index in [1.807, 2.05) is 13.0 Å². The third-order valence-electron chi connectivity index (χ3n) is 2.54. The van der Waals surface area contributed by atoms with Crippen molar-refractivity contribution in [2.45, 2.75) is 19.9 Å². The quantitative estimate of drug-likeness (QED) is 0.666. The minimum Gasteiger partial charge on any atom is -0.503 e. The average molecular weight is 331 g/mol. The molecule has 0 heterocycles. The van der Waals surface area contributed by atoms with Gasteiger partial charge in [0.05, 0.1) is 11.6 Å². The van der Waals surface area contributed by atoms with Gasteiger partial charge in [-0.25, -0.2) is 0 Å². The van der Waals surface area contributed by atoms with Crippen LogP contribution in [-0.2, 0) is 11.3 Å². The van der Waals surface area contributed by atoms with Crippen molar-refractivity contribution in [2.75, 3.05) is 20.2 Å². The lowest BCUT2D eigenvalue weighted by atomic mass is 10.2. The topological polar surface area (TPSA) is 70.6 Å². The zero-order valence-electron chi connectivity index (χ0n) is 11.1. The van der Waals surface area contributed by atoms with Crippen molar-refractivity contribution in [2.24, 2.45) is 0 Å². The Balaban J connectivity index is 2.45. The summed E-state index contributed by atoms with van der Waals surface area (Å²) in [7, 11) is 1.51. The molecule has 1 aromatic rings. The lowest BCUT2D eigenvalue weighted by molar-refractivity contribution is -0.120. The van der Waals surface area contributed by atoms with Crippen molar-refractivity contribution < 1.29 is 14.6 Å². The number of methoxy groups -OCH3 is 1. The second-order valence-corrected chi connectivity index (χ2v) is 4.86. The molecule has 106 valence electrons. The molecule has 6 heteroatoms. The smallest absolute Gasteiger partial charge is 0.221 e. The van der Waals surface area contributed by atoms with Crippen LogP contribution in [0.4, 0.5) is 0 Å². The third-order valence-corrected chi connectivity index (χ3v) is 3.14. The summed E-state index contributed by atoms with van der Waals surface area (Å²) >= 11 is 3.27. The summed E-state index contributed by atoms with van der Waals surface area (Å²) in [6.07, 6.45) is 0.449. The van der Waals surface area contributed by atoms with Gasteiger partial charge in [-0.15, -0.1) is 0 Å². The second-order valence-electron chi connectivity index (χ2n) is 4.01. The van der Waals surface area contributed by atoms with Crippen LogP contribution < -0.4 is 15.4 Å². The number of hydrogen-bond acceptors (Lipinski definition) is 4. The van der Waals surface area contributed by atoms with Crippen LogP contribution in [0.1, 0.15) is 18.9 Å². The molecule has 0 aliphatic carbocycles. The summed E-state index contributed by atoms with van der Waals surface area (Å²) in [6, 6.07) is 3.58. The predicted octanol–water partition coefficient (Wildman–Crippen LogP) is 1.78. The SMILES string of the molecule is CCNC(=O)CCNCc1cc(Br)c(O)c(OC)c1. The molecular weight excluding hydrogens is 312 g/mol. The monoisotopic (exact) mass is 330 g/mol. The molecule has 3 N–H and O–H groups in total. The number of rotatable bonds is 7. The number of benzene rings is 1. The standard InChI is InChI=1S/C13H19BrN2O3/c1-3-16-12(17)4-5-15-8-9-6-10(14)13(18)11(7-9)19-2/h6-7,15,18H,3-5,8H2,1-2H3,(H,16,17). The third kappa shape index (κ3) is 5.08. The minimum absolute atomic E-state index is 0.0412. The Morgan fingerprint density at radius 1 is 1.47 bits per heavy atom. The first-order chi connectivity index (χ1) is 9.08. The normalized spacial score (nSPS) is 10.3. The molecule has 0 aliphatic heterocycles. The Kier molecular flexibility index (Phi) is 6.66. The number of carbonyl (C=O) groups is 1. The van der Waals surface area contributed by atoms with Crippen molar-refractivity contribution in [3.63, 3.8) is 0 Å². The van der Waals surface area contributed by atoms with Crippen LogP contribution in [0.3, 0.4) is 0 Å². The summed E-state index contributed by atoms with van der Waals surface area (Å²) in [6.45, 7) is 3.76. The van der Waals surface area contributed by atoms with Crippen LogP contribution in [-0.4, -0.2) is 31.2 Å². The van der Waals surface area contributed by atoms with Gasteiger partial charge in [-0.05, 0) is 40.5 Å². The molecule has 0 spiro atoms. The summed E-state index contributed by atoms with van der Waals surface area (Å²) in [5.74, 6) is 0.558. The molecule has 0 bridgehead atoms. The van der Waals surface area contributed by atoms with E-state index in [-0.39, 0.29) is 11.7 Å². The molecule has 0 atom stereocenters. The number of nitrogens with one attached hydrogen (secondary N) is 2. The molecular formula is C13H19BrN2O3. The number of halogens is 1. The molecule has 1 amide bonds. The Hall–Kier alpha value is -1.27. The van der Waals surface area contributed by atoms with E-state index in [0.717, 1.165) is 5.56 Å². The Bertz CT molecular complexity index is 438.